The number of halogens is 3. The van der Waals surface area contributed by atoms with Crippen LogP contribution in [0.5, 0.6) is 0 Å². The van der Waals surface area contributed by atoms with E-state index in [0.717, 1.165) is 22.6 Å². The summed E-state index contributed by atoms with van der Waals surface area (Å²) < 4.78 is 51.2. The first-order valence-electron chi connectivity index (χ1n) is 16.0. The molecule has 5 aromatic rings. The summed E-state index contributed by atoms with van der Waals surface area (Å²) in [6.45, 7) is 4.15. The van der Waals surface area contributed by atoms with Gasteiger partial charge in [-0.1, -0.05) is 106 Å². The lowest BCUT2D eigenvalue weighted by atomic mass is 10.0. The van der Waals surface area contributed by atoms with Crippen LogP contribution in [0.2, 0.25) is 15.1 Å². The first-order chi connectivity index (χ1) is 25.1. The molecule has 2 heterocycles. The normalized spacial score (nSPS) is 15.8. The molecule has 0 atom stereocenters. The zero-order valence-electron chi connectivity index (χ0n) is 28.1. The van der Waals surface area contributed by atoms with Crippen molar-refractivity contribution in [1.29, 1.82) is 0 Å². The molecule has 53 heavy (non-hydrogen) atoms. The van der Waals surface area contributed by atoms with Gasteiger partial charge in [0.05, 0.1) is 24.9 Å². The zero-order chi connectivity index (χ0) is 38.2. The van der Waals surface area contributed by atoms with Crippen LogP contribution in [-0.2, 0) is 19.7 Å². The van der Waals surface area contributed by atoms with Gasteiger partial charge in [0.1, 0.15) is 9.79 Å². The van der Waals surface area contributed by atoms with Crippen LogP contribution in [0, 0.1) is 6.92 Å². The van der Waals surface area contributed by atoms with Crippen LogP contribution < -0.4 is 0 Å². The number of thioether (sulfide) groups is 1. The molecule has 0 N–H and O–H groups in total. The molecule has 5 aromatic carbocycles. The van der Waals surface area contributed by atoms with Crippen molar-refractivity contribution < 1.29 is 26.4 Å². The molecule has 0 saturated heterocycles. The third-order valence-electron chi connectivity index (χ3n) is 8.58. The predicted octanol–water partition coefficient (Wildman–Crippen LogP) is 11.1. The van der Waals surface area contributed by atoms with Crippen LogP contribution in [0.4, 0.5) is 0 Å². The Morgan fingerprint density at radius 2 is 1.09 bits per heavy atom. The van der Waals surface area contributed by atoms with Gasteiger partial charge in [0.15, 0.2) is 11.6 Å². The Hall–Kier alpha value is -3.61. The minimum atomic E-state index is -3.83. The highest BCUT2D eigenvalue weighted by atomic mass is 35.5. The van der Waals surface area contributed by atoms with Gasteiger partial charge in [0.25, 0.3) is 0 Å². The Morgan fingerprint density at radius 3 is 1.60 bits per heavy atom. The van der Waals surface area contributed by atoms with E-state index >= 15 is 0 Å². The third kappa shape index (κ3) is 7.69. The van der Waals surface area contributed by atoms with Gasteiger partial charge in [-0.2, -0.15) is 0 Å². The quantitative estimate of drug-likeness (QED) is 0.173. The number of rotatable bonds is 2. The van der Waals surface area contributed by atoms with E-state index < -0.39 is 19.7 Å². The van der Waals surface area contributed by atoms with Crippen LogP contribution in [0.15, 0.2) is 149 Å². The van der Waals surface area contributed by atoms with Gasteiger partial charge in [0, 0.05) is 32.0 Å². The smallest absolute Gasteiger partial charge is 0.209 e. The average molecular weight is 840 g/mol. The second kappa shape index (κ2) is 15.6. The molecule has 0 spiro atoms. The van der Waals surface area contributed by atoms with Gasteiger partial charge in [-0.3, -0.25) is 9.59 Å². The molecule has 1 aliphatic carbocycles. The fourth-order valence-electron chi connectivity index (χ4n) is 5.81. The maximum Gasteiger partial charge on any atom is 0.209 e. The standard InChI is InChI=1S/C20H15ClO3S2.C13H6Cl2O3S.C7H8S/c1-12-6-8-13(9-7-12)25-16-11-10-15-19(22)14-4-2-3-5-17(14)26(23,24)20(15)18(16)21;14-9-6-5-8-12(16)7-3-1-2-4-10(7)19(17,18)13(8)11(9)15;1-6-2-4-7(8)5-3-6/h2-6,8,10-11H,7,9H2,1H3;1-6H;2-5,8H,1H3. The van der Waals surface area contributed by atoms with Crippen molar-refractivity contribution in [2.75, 3.05) is 0 Å². The highest BCUT2D eigenvalue weighted by molar-refractivity contribution is 8.03. The lowest BCUT2D eigenvalue weighted by Crippen LogP contribution is -2.20. The van der Waals surface area contributed by atoms with Crippen molar-refractivity contribution in [1.82, 2.24) is 0 Å². The lowest BCUT2D eigenvalue weighted by Gasteiger charge is -2.21. The molecule has 8 rings (SSSR count). The molecule has 0 unspecified atom stereocenters. The summed E-state index contributed by atoms with van der Waals surface area (Å²) in [4.78, 5) is 27.5. The second-order valence-electron chi connectivity index (χ2n) is 12.2. The average Bonchev–Trinajstić information content (AvgIpc) is 3.14. The highest BCUT2D eigenvalue weighted by Gasteiger charge is 2.38. The van der Waals surface area contributed by atoms with Crippen molar-refractivity contribution in [3.8, 4) is 0 Å². The summed E-state index contributed by atoms with van der Waals surface area (Å²) in [5.74, 6) is -0.668. The van der Waals surface area contributed by atoms with Crippen molar-refractivity contribution in [3.05, 3.63) is 163 Å². The van der Waals surface area contributed by atoms with E-state index in [2.05, 4.69) is 32.6 Å². The molecule has 2 aliphatic heterocycles. The minimum Gasteiger partial charge on any atom is -0.289 e. The fourth-order valence-corrected chi connectivity index (χ4v) is 11.7. The van der Waals surface area contributed by atoms with Crippen LogP contribution in [0.25, 0.3) is 0 Å². The van der Waals surface area contributed by atoms with Gasteiger partial charge in [-0.15, -0.1) is 12.6 Å². The molecule has 3 aliphatic rings. The molecule has 0 amide bonds. The number of hydrogen-bond donors (Lipinski definition) is 1. The number of carbonyl (C=O) groups excluding carboxylic acids is 2. The van der Waals surface area contributed by atoms with Gasteiger partial charge in [-0.05, 0) is 92.3 Å². The van der Waals surface area contributed by atoms with Gasteiger partial charge in [-0.25, -0.2) is 16.8 Å². The van der Waals surface area contributed by atoms with E-state index in [9.17, 15) is 26.4 Å². The number of hydrogen-bond acceptors (Lipinski definition) is 8. The van der Waals surface area contributed by atoms with Crippen LogP contribution >= 0.6 is 59.2 Å². The van der Waals surface area contributed by atoms with Crippen molar-refractivity contribution in [2.45, 2.75) is 56.1 Å². The van der Waals surface area contributed by atoms with E-state index in [1.807, 2.05) is 30.3 Å². The molecule has 0 radical (unpaired) electrons. The minimum absolute atomic E-state index is 0.0250. The maximum atomic E-state index is 13.1. The van der Waals surface area contributed by atoms with E-state index in [4.69, 9.17) is 34.8 Å². The van der Waals surface area contributed by atoms with Gasteiger partial charge in [0.2, 0.25) is 19.7 Å². The molecule has 0 saturated carbocycles. The summed E-state index contributed by atoms with van der Waals surface area (Å²) >= 11 is 23.9. The number of carbonyl (C=O) groups is 2. The van der Waals surface area contributed by atoms with Gasteiger partial charge < -0.3 is 0 Å². The molecule has 13 heteroatoms. The van der Waals surface area contributed by atoms with Gasteiger partial charge >= 0.3 is 0 Å². The van der Waals surface area contributed by atoms with Crippen molar-refractivity contribution in [2.24, 2.45) is 0 Å². The van der Waals surface area contributed by atoms with E-state index in [0.29, 0.717) is 4.90 Å². The summed E-state index contributed by atoms with van der Waals surface area (Å²) in [6.07, 6.45) is 5.98. The molecule has 270 valence electrons. The Bertz CT molecular complexity index is 2590. The SMILES string of the molecule is CC1=CC=C(Sc2ccc3c(c2Cl)S(=O)(=O)c2ccccc2C3=O)CC1.Cc1ccc(S)cc1.O=C1c2ccccc2S(=O)(=O)c2c1ccc(Cl)c2Cl. The highest BCUT2D eigenvalue weighted by Crippen LogP contribution is 2.45. The Morgan fingerprint density at radius 1 is 0.585 bits per heavy atom. The number of benzene rings is 5. The van der Waals surface area contributed by atoms with E-state index in [-0.39, 0.29) is 68.5 Å². The first kappa shape index (κ1) is 39.1. The Kier molecular flexibility index (Phi) is 11.5. The Balaban J connectivity index is 0.000000155. The topological polar surface area (TPSA) is 102 Å². The van der Waals surface area contributed by atoms with Crippen molar-refractivity contribution >= 4 is 90.4 Å². The van der Waals surface area contributed by atoms with Crippen molar-refractivity contribution in [3.63, 3.8) is 0 Å². The van der Waals surface area contributed by atoms with Crippen LogP contribution in [0.3, 0.4) is 0 Å². The van der Waals surface area contributed by atoms with Crippen LogP contribution in [0.1, 0.15) is 57.2 Å². The molecular formula is C40H29Cl3O6S4. The Labute approximate surface area is 333 Å². The number of fused-ring (bicyclic) bond motifs is 4. The number of ketones is 2. The molecule has 0 bridgehead atoms. The third-order valence-corrected chi connectivity index (χ3v) is 15.4. The monoisotopic (exact) mass is 838 g/mol. The van der Waals surface area contributed by atoms with E-state index in [1.54, 1.807) is 36.4 Å². The second-order valence-corrected chi connectivity index (χ2v) is 18.8. The summed E-state index contributed by atoms with van der Waals surface area (Å²) in [5, 5.41) is 0.126. The predicted molar refractivity (Wildman–Crippen MR) is 214 cm³/mol. The molecule has 6 nitrogen and oxygen atoms in total. The molecule has 0 aromatic heterocycles. The maximum absolute atomic E-state index is 13.1. The number of allylic oxidation sites excluding steroid dienone is 4. The number of sulfone groups is 2. The summed E-state index contributed by atoms with van der Waals surface area (Å²) in [5.41, 5.74) is 3.17. The lowest BCUT2D eigenvalue weighted by molar-refractivity contribution is 0.102. The van der Waals surface area contributed by atoms with Crippen LogP contribution in [-0.4, -0.2) is 28.4 Å². The summed E-state index contributed by atoms with van der Waals surface area (Å²) in [7, 11) is -7.66. The summed E-state index contributed by atoms with van der Waals surface area (Å²) in [6, 6.07) is 26.5. The molecular weight excluding hydrogens is 811 g/mol. The first-order valence-corrected chi connectivity index (χ1v) is 21.4. The largest absolute Gasteiger partial charge is 0.289 e. The number of aryl methyl sites for hydroxylation is 1. The number of thiol groups is 1. The fraction of sp³-hybridized carbons (Fsp3) is 0.100. The molecule has 0 fully saturated rings. The zero-order valence-corrected chi connectivity index (χ0v) is 33.7. The van der Waals surface area contributed by atoms with E-state index in [1.165, 1.54) is 59.3 Å².